The average molecular weight is 285 g/mol. The van der Waals surface area contributed by atoms with E-state index in [0.717, 1.165) is 24.0 Å². The van der Waals surface area contributed by atoms with E-state index in [9.17, 15) is 0 Å². The van der Waals surface area contributed by atoms with Gasteiger partial charge in [-0.05, 0) is 61.2 Å². The summed E-state index contributed by atoms with van der Waals surface area (Å²) in [6.07, 6.45) is 5.23. The van der Waals surface area contributed by atoms with E-state index >= 15 is 0 Å². The van der Waals surface area contributed by atoms with Gasteiger partial charge in [0.05, 0.1) is 12.2 Å². The lowest BCUT2D eigenvalue weighted by Crippen LogP contribution is -2.35. The number of aromatic nitrogens is 4. The second kappa shape index (κ2) is 6.35. The molecule has 1 aliphatic rings. The minimum Gasteiger partial charge on any atom is -0.296 e. The summed E-state index contributed by atoms with van der Waals surface area (Å²) in [7, 11) is 2.19. The van der Waals surface area contributed by atoms with Gasteiger partial charge < -0.3 is 0 Å². The van der Waals surface area contributed by atoms with Crippen LogP contribution in [-0.2, 0) is 6.54 Å². The molecule has 0 amide bonds. The molecule has 1 aromatic heterocycles. The van der Waals surface area contributed by atoms with Crippen LogP contribution in [0, 0.1) is 5.92 Å². The fourth-order valence-electron chi connectivity index (χ4n) is 3.11. The number of hydrogen-bond acceptors (Lipinski definition) is 4. The first-order valence-corrected chi connectivity index (χ1v) is 7.77. The van der Waals surface area contributed by atoms with Crippen molar-refractivity contribution in [3.8, 4) is 5.69 Å². The zero-order valence-electron chi connectivity index (χ0n) is 12.8. The molecular formula is C16H23N5. The highest BCUT2D eigenvalue weighted by atomic mass is 15.5. The number of benzene rings is 1. The SMILES string of the molecule is CC1CCC(N(C)Cc2nnnn2-c2ccccc2)CC1. The van der Waals surface area contributed by atoms with Gasteiger partial charge >= 0.3 is 0 Å². The van der Waals surface area contributed by atoms with Crippen molar-refractivity contribution in [1.82, 2.24) is 25.1 Å². The molecule has 1 fully saturated rings. The lowest BCUT2D eigenvalue weighted by Gasteiger charge is -2.33. The highest BCUT2D eigenvalue weighted by Crippen LogP contribution is 2.27. The molecule has 0 radical (unpaired) electrons. The Morgan fingerprint density at radius 2 is 1.86 bits per heavy atom. The molecule has 0 N–H and O–H groups in total. The first-order chi connectivity index (χ1) is 10.2. The van der Waals surface area contributed by atoms with E-state index in [1.165, 1.54) is 25.7 Å². The smallest absolute Gasteiger partial charge is 0.170 e. The Labute approximate surface area is 126 Å². The summed E-state index contributed by atoms with van der Waals surface area (Å²) in [5.41, 5.74) is 1.02. The van der Waals surface area contributed by atoms with Crippen molar-refractivity contribution in [2.45, 2.75) is 45.2 Å². The summed E-state index contributed by atoms with van der Waals surface area (Å²) in [5.74, 6) is 1.78. The largest absolute Gasteiger partial charge is 0.296 e. The standard InChI is InChI=1S/C16H23N5/c1-13-8-10-14(11-9-13)20(2)12-16-17-18-19-21(16)15-6-4-3-5-7-15/h3-7,13-14H,8-12H2,1-2H3. The zero-order valence-corrected chi connectivity index (χ0v) is 12.8. The van der Waals surface area contributed by atoms with E-state index in [1.807, 2.05) is 35.0 Å². The summed E-state index contributed by atoms with van der Waals surface area (Å²) in [5, 5.41) is 12.2. The molecule has 1 aromatic carbocycles. The van der Waals surface area contributed by atoms with Gasteiger partial charge in [-0.25, -0.2) is 0 Å². The van der Waals surface area contributed by atoms with Crippen molar-refractivity contribution >= 4 is 0 Å². The van der Waals surface area contributed by atoms with Crippen LogP contribution >= 0.6 is 0 Å². The fraction of sp³-hybridized carbons (Fsp3) is 0.562. The molecule has 5 heteroatoms. The third-order valence-corrected chi connectivity index (χ3v) is 4.53. The van der Waals surface area contributed by atoms with E-state index < -0.39 is 0 Å². The molecule has 3 rings (SSSR count). The lowest BCUT2D eigenvalue weighted by atomic mass is 9.87. The van der Waals surface area contributed by atoms with Crippen LogP contribution in [0.1, 0.15) is 38.4 Å². The first-order valence-electron chi connectivity index (χ1n) is 7.77. The summed E-state index contributed by atoms with van der Waals surface area (Å²) >= 11 is 0. The maximum Gasteiger partial charge on any atom is 0.170 e. The molecule has 0 saturated heterocycles. The summed E-state index contributed by atoms with van der Waals surface area (Å²) < 4.78 is 1.84. The number of hydrogen-bond donors (Lipinski definition) is 0. The maximum atomic E-state index is 4.20. The second-order valence-corrected chi connectivity index (χ2v) is 6.17. The molecule has 5 nitrogen and oxygen atoms in total. The van der Waals surface area contributed by atoms with Gasteiger partial charge in [-0.1, -0.05) is 25.1 Å². The first kappa shape index (κ1) is 14.2. The third-order valence-electron chi connectivity index (χ3n) is 4.53. The zero-order chi connectivity index (χ0) is 14.7. The quantitative estimate of drug-likeness (QED) is 0.866. The number of para-hydroxylation sites is 1. The van der Waals surface area contributed by atoms with Crippen molar-refractivity contribution in [3.63, 3.8) is 0 Å². The molecular weight excluding hydrogens is 262 g/mol. The van der Waals surface area contributed by atoms with Crippen molar-refractivity contribution in [1.29, 1.82) is 0 Å². The highest BCUT2D eigenvalue weighted by Gasteiger charge is 2.23. The van der Waals surface area contributed by atoms with Gasteiger partial charge in [-0.2, -0.15) is 4.68 Å². The lowest BCUT2D eigenvalue weighted by molar-refractivity contribution is 0.160. The maximum absolute atomic E-state index is 4.20. The minimum atomic E-state index is 0.655. The summed E-state index contributed by atoms with van der Waals surface area (Å²) in [6.45, 7) is 3.15. The Hall–Kier alpha value is -1.75. The second-order valence-electron chi connectivity index (χ2n) is 6.17. The van der Waals surface area contributed by atoms with Crippen molar-refractivity contribution in [2.75, 3.05) is 7.05 Å². The van der Waals surface area contributed by atoms with Gasteiger partial charge in [0.1, 0.15) is 0 Å². The van der Waals surface area contributed by atoms with E-state index in [4.69, 9.17) is 0 Å². The molecule has 0 atom stereocenters. The van der Waals surface area contributed by atoms with Crippen LogP contribution < -0.4 is 0 Å². The molecule has 21 heavy (non-hydrogen) atoms. The van der Waals surface area contributed by atoms with E-state index in [0.29, 0.717) is 6.04 Å². The van der Waals surface area contributed by atoms with Crippen LogP contribution in [0.4, 0.5) is 0 Å². The van der Waals surface area contributed by atoms with Gasteiger partial charge in [0, 0.05) is 6.04 Å². The molecule has 0 unspecified atom stereocenters. The summed E-state index contributed by atoms with van der Waals surface area (Å²) in [4.78, 5) is 2.40. The molecule has 0 bridgehead atoms. The molecule has 0 aliphatic heterocycles. The van der Waals surface area contributed by atoms with E-state index in [-0.39, 0.29) is 0 Å². The van der Waals surface area contributed by atoms with Gasteiger partial charge in [-0.15, -0.1) is 5.10 Å². The Morgan fingerprint density at radius 1 is 1.14 bits per heavy atom. The molecule has 1 saturated carbocycles. The van der Waals surface area contributed by atoms with Crippen LogP contribution in [0.25, 0.3) is 5.69 Å². The molecule has 112 valence electrons. The highest BCUT2D eigenvalue weighted by molar-refractivity contribution is 5.30. The average Bonchev–Trinajstić information content (AvgIpc) is 2.97. The fourth-order valence-corrected chi connectivity index (χ4v) is 3.11. The predicted molar refractivity (Wildman–Crippen MR) is 82.0 cm³/mol. The van der Waals surface area contributed by atoms with Crippen LogP contribution in [0.2, 0.25) is 0 Å². The van der Waals surface area contributed by atoms with Crippen LogP contribution in [0.15, 0.2) is 30.3 Å². The monoisotopic (exact) mass is 285 g/mol. The third kappa shape index (κ3) is 3.29. The Bertz CT molecular complexity index is 557. The van der Waals surface area contributed by atoms with Crippen molar-refractivity contribution < 1.29 is 0 Å². The van der Waals surface area contributed by atoms with Gasteiger partial charge in [0.2, 0.25) is 0 Å². The number of nitrogens with zero attached hydrogens (tertiary/aromatic N) is 5. The predicted octanol–water partition coefficient (Wildman–Crippen LogP) is 2.67. The Morgan fingerprint density at radius 3 is 2.57 bits per heavy atom. The molecule has 1 aliphatic carbocycles. The normalized spacial score (nSPS) is 22.6. The van der Waals surface area contributed by atoms with E-state index in [1.54, 1.807) is 0 Å². The van der Waals surface area contributed by atoms with Crippen LogP contribution in [-0.4, -0.2) is 38.2 Å². The number of tetrazole rings is 1. The Kier molecular flexibility index (Phi) is 4.29. The van der Waals surface area contributed by atoms with Gasteiger partial charge in [0.15, 0.2) is 5.82 Å². The number of rotatable bonds is 4. The van der Waals surface area contributed by atoms with Crippen molar-refractivity contribution in [3.05, 3.63) is 36.2 Å². The topological polar surface area (TPSA) is 46.8 Å². The molecule has 2 aromatic rings. The molecule has 1 heterocycles. The van der Waals surface area contributed by atoms with Gasteiger partial charge in [0.25, 0.3) is 0 Å². The van der Waals surface area contributed by atoms with Gasteiger partial charge in [-0.3, -0.25) is 4.90 Å². The van der Waals surface area contributed by atoms with Crippen LogP contribution in [0.3, 0.4) is 0 Å². The van der Waals surface area contributed by atoms with E-state index in [2.05, 4.69) is 34.4 Å². The molecule has 0 spiro atoms. The van der Waals surface area contributed by atoms with Crippen LogP contribution in [0.5, 0.6) is 0 Å². The Balaban J connectivity index is 1.70. The summed E-state index contributed by atoms with van der Waals surface area (Å²) in [6, 6.07) is 10.7. The minimum absolute atomic E-state index is 0.655. The van der Waals surface area contributed by atoms with Crippen molar-refractivity contribution in [2.24, 2.45) is 5.92 Å².